The van der Waals surface area contributed by atoms with E-state index in [2.05, 4.69) is 11.7 Å². The summed E-state index contributed by atoms with van der Waals surface area (Å²) in [6.45, 7) is 7.19. The molecule has 0 aliphatic rings. The van der Waals surface area contributed by atoms with Gasteiger partial charge in [0.05, 0.1) is 18.8 Å². The normalized spacial score (nSPS) is 10.2. The van der Waals surface area contributed by atoms with Gasteiger partial charge in [-0.05, 0) is 13.0 Å². The maximum Gasteiger partial charge on any atom is 0.0881 e. The van der Waals surface area contributed by atoms with E-state index in [1.165, 1.54) is 0 Å². The van der Waals surface area contributed by atoms with Crippen LogP contribution in [0.5, 0.6) is 0 Å². The first kappa shape index (κ1) is 9.00. The highest BCUT2D eigenvalue weighted by atomic mass is 16.5. The molecule has 1 rings (SSSR count). The molecule has 0 aromatic carbocycles. The smallest absolute Gasteiger partial charge is 0.0881 e. The number of aromatic nitrogens is 2. The first-order chi connectivity index (χ1) is 5.74. The van der Waals surface area contributed by atoms with Gasteiger partial charge in [0.25, 0.3) is 0 Å². The molecule has 0 unspecified atom stereocenters. The molecule has 0 spiro atoms. The molecule has 1 aromatic heterocycles. The van der Waals surface area contributed by atoms with Crippen LogP contribution in [-0.2, 0) is 17.9 Å². The lowest BCUT2D eigenvalue weighted by molar-refractivity contribution is 0.177. The fraction of sp³-hybridized carbons (Fsp3) is 0.444. The van der Waals surface area contributed by atoms with Gasteiger partial charge in [-0.2, -0.15) is 5.10 Å². The maximum atomic E-state index is 5.02. The van der Waals surface area contributed by atoms with Crippen molar-refractivity contribution in [3.8, 4) is 0 Å². The SMILES string of the molecule is C=C(C)Cn1nccc1COC. The Morgan fingerprint density at radius 2 is 2.50 bits per heavy atom. The number of ether oxygens (including phenoxy) is 1. The Kier molecular flexibility index (Phi) is 3.05. The molecule has 3 nitrogen and oxygen atoms in total. The number of nitrogens with zero attached hydrogens (tertiary/aromatic N) is 2. The number of allylic oxidation sites excluding steroid dienone is 1. The topological polar surface area (TPSA) is 27.1 Å². The summed E-state index contributed by atoms with van der Waals surface area (Å²) in [4.78, 5) is 0. The molecule has 1 heterocycles. The van der Waals surface area contributed by atoms with Gasteiger partial charge in [0.1, 0.15) is 0 Å². The van der Waals surface area contributed by atoms with Crippen molar-refractivity contribution in [3.05, 3.63) is 30.1 Å². The van der Waals surface area contributed by atoms with E-state index in [-0.39, 0.29) is 0 Å². The van der Waals surface area contributed by atoms with Gasteiger partial charge in [0.2, 0.25) is 0 Å². The van der Waals surface area contributed by atoms with Crippen LogP contribution in [0, 0.1) is 0 Å². The van der Waals surface area contributed by atoms with Crippen molar-refractivity contribution in [2.45, 2.75) is 20.1 Å². The highest BCUT2D eigenvalue weighted by Gasteiger charge is 2.00. The van der Waals surface area contributed by atoms with Crippen LogP contribution in [0.4, 0.5) is 0 Å². The molecule has 0 bridgehead atoms. The van der Waals surface area contributed by atoms with Crippen LogP contribution in [0.1, 0.15) is 12.6 Å². The minimum Gasteiger partial charge on any atom is -0.378 e. The molecule has 0 amide bonds. The number of hydrogen-bond donors (Lipinski definition) is 0. The molecular weight excluding hydrogens is 152 g/mol. The molecule has 1 aromatic rings. The first-order valence-electron chi connectivity index (χ1n) is 3.88. The van der Waals surface area contributed by atoms with E-state index in [1.54, 1.807) is 13.3 Å². The minimum absolute atomic E-state index is 0.604. The third-order valence-electron chi connectivity index (χ3n) is 1.52. The molecule has 0 aliphatic heterocycles. The standard InChI is InChI=1S/C9H14N2O/c1-8(2)6-11-9(7-12-3)4-5-10-11/h4-5H,1,6-7H2,2-3H3. The van der Waals surface area contributed by atoms with Crippen LogP contribution >= 0.6 is 0 Å². The van der Waals surface area contributed by atoms with Gasteiger partial charge in [-0.25, -0.2) is 0 Å². The molecule has 0 saturated carbocycles. The number of rotatable bonds is 4. The van der Waals surface area contributed by atoms with Crippen LogP contribution < -0.4 is 0 Å². The second-order valence-corrected chi connectivity index (χ2v) is 2.87. The van der Waals surface area contributed by atoms with Crippen molar-refractivity contribution < 1.29 is 4.74 Å². The van der Waals surface area contributed by atoms with Gasteiger partial charge in [-0.15, -0.1) is 0 Å². The van der Waals surface area contributed by atoms with Gasteiger partial charge in [0, 0.05) is 13.3 Å². The Morgan fingerprint density at radius 1 is 1.75 bits per heavy atom. The summed E-state index contributed by atoms with van der Waals surface area (Å²) >= 11 is 0. The van der Waals surface area contributed by atoms with Gasteiger partial charge in [0.15, 0.2) is 0 Å². The van der Waals surface area contributed by atoms with Gasteiger partial charge in [-0.1, -0.05) is 12.2 Å². The summed E-state index contributed by atoms with van der Waals surface area (Å²) in [7, 11) is 1.68. The largest absolute Gasteiger partial charge is 0.378 e. The third kappa shape index (κ3) is 2.20. The Bertz CT molecular complexity index is 265. The maximum absolute atomic E-state index is 5.02. The number of hydrogen-bond acceptors (Lipinski definition) is 2. The second-order valence-electron chi connectivity index (χ2n) is 2.87. The Morgan fingerprint density at radius 3 is 3.08 bits per heavy atom. The Labute approximate surface area is 72.7 Å². The summed E-state index contributed by atoms with van der Waals surface area (Å²) in [5.74, 6) is 0. The summed E-state index contributed by atoms with van der Waals surface area (Å²) < 4.78 is 6.91. The predicted octanol–water partition coefficient (Wildman–Crippen LogP) is 1.61. The summed E-state index contributed by atoms with van der Waals surface area (Å²) in [5.41, 5.74) is 2.18. The Balaban J connectivity index is 2.69. The Hall–Kier alpha value is -1.09. The fourth-order valence-electron chi connectivity index (χ4n) is 1.03. The van der Waals surface area contributed by atoms with Crippen LogP contribution in [0.15, 0.2) is 24.4 Å². The molecule has 3 heteroatoms. The zero-order valence-electron chi connectivity index (χ0n) is 7.58. The minimum atomic E-state index is 0.604. The lowest BCUT2D eigenvalue weighted by Gasteiger charge is -2.05. The molecule has 66 valence electrons. The van der Waals surface area contributed by atoms with Crippen molar-refractivity contribution in [1.29, 1.82) is 0 Å². The van der Waals surface area contributed by atoms with Gasteiger partial charge < -0.3 is 4.74 Å². The zero-order valence-corrected chi connectivity index (χ0v) is 7.58. The van der Waals surface area contributed by atoms with E-state index >= 15 is 0 Å². The van der Waals surface area contributed by atoms with E-state index in [0.29, 0.717) is 6.61 Å². The summed E-state index contributed by atoms with van der Waals surface area (Å²) in [5, 5.41) is 4.15. The lowest BCUT2D eigenvalue weighted by atomic mass is 10.3. The van der Waals surface area contributed by atoms with Crippen LogP contribution in [0.2, 0.25) is 0 Å². The van der Waals surface area contributed by atoms with E-state index in [4.69, 9.17) is 4.74 Å². The van der Waals surface area contributed by atoms with E-state index in [1.807, 2.05) is 17.7 Å². The summed E-state index contributed by atoms with van der Waals surface area (Å²) in [6, 6.07) is 1.95. The van der Waals surface area contributed by atoms with Crippen LogP contribution in [0.25, 0.3) is 0 Å². The summed E-state index contributed by atoms with van der Waals surface area (Å²) in [6.07, 6.45) is 1.78. The van der Waals surface area contributed by atoms with Crippen molar-refractivity contribution >= 4 is 0 Å². The first-order valence-corrected chi connectivity index (χ1v) is 3.88. The molecule has 0 fully saturated rings. The zero-order chi connectivity index (χ0) is 8.97. The fourth-order valence-corrected chi connectivity index (χ4v) is 1.03. The molecule has 0 saturated heterocycles. The van der Waals surface area contributed by atoms with E-state index < -0.39 is 0 Å². The molecule has 12 heavy (non-hydrogen) atoms. The highest BCUT2D eigenvalue weighted by Crippen LogP contribution is 2.03. The van der Waals surface area contributed by atoms with Crippen molar-refractivity contribution in [2.75, 3.05) is 7.11 Å². The average molecular weight is 166 g/mol. The molecule has 0 N–H and O–H groups in total. The van der Waals surface area contributed by atoms with Crippen LogP contribution in [-0.4, -0.2) is 16.9 Å². The monoisotopic (exact) mass is 166 g/mol. The predicted molar refractivity (Wildman–Crippen MR) is 47.8 cm³/mol. The second kappa shape index (κ2) is 4.07. The highest BCUT2D eigenvalue weighted by molar-refractivity contribution is 5.01. The average Bonchev–Trinajstić information content (AvgIpc) is 2.37. The van der Waals surface area contributed by atoms with Gasteiger partial charge in [-0.3, -0.25) is 4.68 Å². The molecular formula is C9H14N2O. The van der Waals surface area contributed by atoms with Crippen LogP contribution in [0.3, 0.4) is 0 Å². The quantitative estimate of drug-likeness (QED) is 0.635. The van der Waals surface area contributed by atoms with Crippen molar-refractivity contribution in [2.24, 2.45) is 0 Å². The molecule has 0 atom stereocenters. The molecule has 0 radical (unpaired) electrons. The van der Waals surface area contributed by atoms with E-state index in [0.717, 1.165) is 17.8 Å². The van der Waals surface area contributed by atoms with Crippen molar-refractivity contribution in [3.63, 3.8) is 0 Å². The lowest BCUT2D eigenvalue weighted by Crippen LogP contribution is -2.06. The van der Waals surface area contributed by atoms with E-state index in [9.17, 15) is 0 Å². The third-order valence-corrected chi connectivity index (χ3v) is 1.52. The van der Waals surface area contributed by atoms with Gasteiger partial charge >= 0.3 is 0 Å². The molecule has 0 aliphatic carbocycles. The number of methoxy groups -OCH3 is 1. The van der Waals surface area contributed by atoms with Crippen molar-refractivity contribution in [1.82, 2.24) is 9.78 Å².